The fourth-order valence-corrected chi connectivity index (χ4v) is 8.35. The molecule has 0 heterocycles. The molecule has 0 radical (unpaired) electrons. The molecule has 2 heteroatoms. The zero-order valence-electron chi connectivity index (χ0n) is 13.1. The summed E-state index contributed by atoms with van der Waals surface area (Å²) in [5, 5.41) is 5.20. The molecule has 3 aliphatic carbocycles. The Hall–Kier alpha value is -0.109. The number of rotatable bonds is 2. The Morgan fingerprint density at radius 3 is 1.95 bits per heavy atom. The monoisotopic (exact) mass is 337 g/mol. The maximum Gasteiger partial charge on any atom is -0.0149 e. The molecule has 0 N–H and O–H groups in total. The Bertz CT molecular complexity index is 390. The van der Waals surface area contributed by atoms with E-state index in [1.165, 1.54) is 19.3 Å². The molecule has 0 spiro atoms. The van der Waals surface area contributed by atoms with Crippen LogP contribution in [0.5, 0.6) is 0 Å². The molecule has 0 amide bonds. The fraction of sp³-hybridized carbons (Fsp3) is 0.579. The minimum atomic E-state index is -0.767. The van der Waals surface area contributed by atoms with E-state index in [0.717, 1.165) is 27.9 Å². The van der Waals surface area contributed by atoms with Crippen LogP contribution in [0.1, 0.15) is 25.7 Å². The van der Waals surface area contributed by atoms with Gasteiger partial charge in [0.2, 0.25) is 0 Å². The number of hydrogen-bond donors (Lipinski definition) is 0. The number of fused-ring (bicyclic) bond motifs is 3. The summed E-state index contributed by atoms with van der Waals surface area (Å²) >= 11 is -0.767. The Balaban J connectivity index is 0.000000397. The maximum atomic E-state index is 3.36. The van der Waals surface area contributed by atoms with Gasteiger partial charge in [0.05, 0.1) is 0 Å². The van der Waals surface area contributed by atoms with E-state index in [9.17, 15) is 0 Å². The van der Waals surface area contributed by atoms with E-state index in [1.807, 2.05) is 0 Å². The van der Waals surface area contributed by atoms with Crippen molar-refractivity contribution < 1.29 is 17.9 Å². The average Bonchev–Trinajstić information content (AvgIpc) is 2.82. The van der Waals surface area contributed by atoms with Gasteiger partial charge >= 0.3 is 106 Å². The van der Waals surface area contributed by atoms with Gasteiger partial charge in [0.15, 0.2) is 0 Å². The number of hydrogen-bond acceptors (Lipinski definition) is 0. The molecular formula is C19H33SiTi. The molecule has 5 unspecified atom stereocenters. The molecule has 2 saturated carbocycles. The van der Waals surface area contributed by atoms with Crippen molar-refractivity contribution in [3.63, 3.8) is 0 Å². The van der Waals surface area contributed by atoms with E-state index >= 15 is 0 Å². The second-order valence-electron chi connectivity index (χ2n) is 6.61. The minimum Gasteiger partial charge on any atom is -0.0149 e. The van der Waals surface area contributed by atoms with Crippen LogP contribution in [0.4, 0.5) is 0 Å². The topological polar surface area (TPSA) is 0 Å². The van der Waals surface area contributed by atoms with Crippen molar-refractivity contribution in [3.8, 4) is 0 Å². The standard InChI is InChI=1S/C13H17.C4H6.2CH3.H4Si.Ti/c1-3-7-12-10(5-1)9-11-6-2-4-8-13(11)12;1-3-4-2;;;;/h1,3,5,7,9-13H,2,4,6,8H2;3-4H,1-2H2;2*1H3;1H4;. The maximum absolute atomic E-state index is 3.36. The first-order valence-corrected chi connectivity index (χ1v) is 12.1. The first-order valence-electron chi connectivity index (χ1n) is 8.09. The van der Waals surface area contributed by atoms with Crippen molar-refractivity contribution in [2.45, 2.75) is 40.4 Å². The van der Waals surface area contributed by atoms with Crippen LogP contribution in [-0.2, 0) is 17.9 Å². The van der Waals surface area contributed by atoms with Crippen molar-refractivity contribution in [1.82, 2.24) is 0 Å². The van der Waals surface area contributed by atoms with Crippen molar-refractivity contribution in [3.05, 3.63) is 49.6 Å². The smallest absolute Gasteiger partial charge is 0.0149 e. The third-order valence-electron chi connectivity index (χ3n) is 5.30. The molecule has 3 aliphatic rings. The largest absolute Gasteiger partial charge is 0.0149 e. The van der Waals surface area contributed by atoms with Crippen molar-refractivity contribution in [2.24, 2.45) is 23.7 Å². The second-order valence-corrected chi connectivity index (χ2v) is 11.0. The van der Waals surface area contributed by atoms with Crippen molar-refractivity contribution in [2.75, 3.05) is 0 Å². The van der Waals surface area contributed by atoms with Gasteiger partial charge in [-0.1, -0.05) is 25.3 Å². The zero-order chi connectivity index (χ0) is 14.5. The third-order valence-corrected chi connectivity index (χ3v) is 8.65. The number of allylic oxidation sites excluding steroid dienone is 6. The normalized spacial score (nSPS) is 35.4. The quantitative estimate of drug-likeness (QED) is 0.511. The van der Waals surface area contributed by atoms with E-state index in [2.05, 4.69) is 47.9 Å². The summed E-state index contributed by atoms with van der Waals surface area (Å²) < 4.78 is 1.12. The Morgan fingerprint density at radius 2 is 1.43 bits per heavy atom. The Kier molecular flexibility index (Phi) is 8.23. The fourth-order valence-electron chi connectivity index (χ4n) is 4.64. The van der Waals surface area contributed by atoms with E-state index in [1.54, 1.807) is 18.6 Å². The van der Waals surface area contributed by atoms with E-state index < -0.39 is 17.9 Å². The predicted octanol–water partition coefficient (Wildman–Crippen LogP) is 4.57. The van der Waals surface area contributed by atoms with Gasteiger partial charge < -0.3 is 0 Å². The summed E-state index contributed by atoms with van der Waals surface area (Å²) in [4.78, 5) is 0. The van der Waals surface area contributed by atoms with Gasteiger partial charge in [-0.15, -0.1) is 0 Å². The first-order chi connectivity index (χ1) is 9.70. The summed E-state index contributed by atoms with van der Waals surface area (Å²) in [6, 6.07) is 0. The molecule has 0 nitrogen and oxygen atoms in total. The van der Waals surface area contributed by atoms with Crippen LogP contribution in [0.3, 0.4) is 0 Å². The van der Waals surface area contributed by atoms with Gasteiger partial charge in [-0.2, -0.15) is 0 Å². The molecule has 0 aromatic rings. The molecule has 3 rings (SSSR count). The van der Waals surface area contributed by atoms with E-state index in [-0.39, 0.29) is 11.0 Å². The summed E-state index contributed by atoms with van der Waals surface area (Å²) in [5.74, 6) is 4.00. The summed E-state index contributed by atoms with van der Waals surface area (Å²) in [5.41, 5.74) is 0. The van der Waals surface area contributed by atoms with Crippen LogP contribution in [0.2, 0.25) is 14.7 Å². The Labute approximate surface area is 142 Å². The predicted molar refractivity (Wildman–Crippen MR) is 97.9 cm³/mol. The molecule has 0 bridgehead atoms. The summed E-state index contributed by atoms with van der Waals surface area (Å²) in [6.45, 7) is 6.72. The van der Waals surface area contributed by atoms with E-state index in [0.29, 0.717) is 0 Å². The second kappa shape index (κ2) is 9.13. The molecule has 21 heavy (non-hydrogen) atoms. The van der Waals surface area contributed by atoms with Crippen LogP contribution >= 0.6 is 0 Å². The van der Waals surface area contributed by atoms with Gasteiger partial charge in [-0.25, -0.2) is 0 Å². The van der Waals surface area contributed by atoms with Gasteiger partial charge in [-0.05, 0) is 11.0 Å². The summed E-state index contributed by atoms with van der Waals surface area (Å²) in [7, 11) is 0. The van der Waals surface area contributed by atoms with Crippen LogP contribution in [0, 0.1) is 23.7 Å². The van der Waals surface area contributed by atoms with E-state index in [4.69, 9.17) is 0 Å². The van der Waals surface area contributed by atoms with Crippen LogP contribution in [-0.4, -0.2) is 11.0 Å². The molecular weight excluding hydrogens is 304 g/mol. The van der Waals surface area contributed by atoms with Gasteiger partial charge in [0.25, 0.3) is 0 Å². The minimum absolute atomic E-state index is 0. The molecule has 0 aliphatic heterocycles. The van der Waals surface area contributed by atoms with Gasteiger partial charge in [0.1, 0.15) is 0 Å². The zero-order valence-corrected chi connectivity index (χ0v) is 14.7. The van der Waals surface area contributed by atoms with Gasteiger partial charge in [0, 0.05) is 0 Å². The van der Waals surface area contributed by atoms with Crippen LogP contribution in [0.25, 0.3) is 0 Å². The third kappa shape index (κ3) is 4.21. The van der Waals surface area contributed by atoms with Gasteiger partial charge in [-0.3, -0.25) is 0 Å². The molecule has 117 valence electrons. The van der Waals surface area contributed by atoms with Crippen LogP contribution < -0.4 is 0 Å². The molecule has 0 aromatic carbocycles. The van der Waals surface area contributed by atoms with Crippen molar-refractivity contribution >= 4 is 11.0 Å². The molecule has 0 saturated heterocycles. The van der Waals surface area contributed by atoms with Crippen LogP contribution in [0.15, 0.2) is 49.6 Å². The SMILES string of the molecule is C=CC=C.[CH3][Ti]([CH3])[CH]1C2C=CC=CC2C2CCCCC21.[SiH4]. The Morgan fingerprint density at radius 1 is 0.905 bits per heavy atom. The molecule has 5 atom stereocenters. The summed E-state index contributed by atoms with van der Waals surface area (Å²) in [6.07, 6.45) is 19.1. The van der Waals surface area contributed by atoms with Crippen molar-refractivity contribution in [1.29, 1.82) is 0 Å². The first kappa shape index (κ1) is 18.9. The molecule has 2 fully saturated rings. The average molecular weight is 337 g/mol. The molecule has 0 aromatic heterocycles.